The summed E-state index contributed by atoms with van der Waals surface area (Å²) in [4.78, 5) is 76.3. The Morgan fingerprint density at radius 1 is 0.909 bits per heavy atom. The molecule has 3 amide bonds. The van der Waals surface area contributed by atoms with Gasteiger partial charge in [-0.1, -0.05) is 18.2 Å². The molecule has 2 aromatic heterocycles. The van der Waals surface area contributed by atoms with Crippen LogP contribution in [-0.2, 0) is 36.8 Å². The fourth-order valence-corrected chi connectivity index (χ4v) is 4.42. The van der Waals surface area contributed by atoms with E-state index in [1.165, 1.54) is 12.5 Å². The Bertz CT molecular complexity index is 1480. The summed E-state index contributed by atoms with van der Waals surface area (Å²) in [6.45, 7) is 0.106. The summed E-state index contributed by atoms with van der Waals surface area (Å²) in [5.41, 5.74) is 18.8. The molecule has 3 aromatic rings. The van der Waals surface area contributed by atoms with E-state index in [1.54, 1.807) is 6.20 Å². The highest BCUT2D eigenvalue weighted by Crippen LogP contribution is 2.19. The maximum Gasteiger partial charge on any atom is 0.326 e. The van der Waals surface area contributed by atoms with Crippen LogP contribution in [0.1, 0.15) is 30.5 Å². The first-order valence-electron chi connectivity index (χ1n) is 13.6. The predicted octanol–water partition coefficient (Wildman–Crippen LogP) is -1.93. The van der Waals surface area contributed by atoms with Gasteiger partial charge in [0.15, 0.2) is 5.96 Å². The van der Waals surface area contributed by atoms with Crippen molar-refractivity contribution in [2.24, 2.45) is 22.2 Å². The molecule has 1 aromatic carbocycles. The number of rotatable bonds is 17. The summed E-state index contributed by atoms with van der Waals surface area (Å²) in [6, 6.07) is 2.05. The Balaban J connectivity index is 1.72. The molecule has 0 radical (unpaired) electrons. The van der Waals surface area contributed by atoms with Crippen molar-refractivity contribution >= 4 is 46.5 Å². The normalized spacial score (nSPS) is 13.7. The number of carboxylic acids is 2. The third-order valence-electron chi connectivity index (χ3n) is 6.63. The lowest BCUT2D eigenvalue weighted by Crippen LogP contribution is -2.58. The molecule has 0 bridgehead atoms. The molecule has 0 spiro atoms. The van der Waals surface area contributed by atoms with E-state index >= 15 is 0 Å². The quantitative estimate of drug-likeness (QED) is 0.0455. The van der Waals surface area contributed by atoms with Crippen LogP contribution in [0.2, 0.25) is 0 Å². The van der Waals surface area contributed by atoms with Gasteiger partial charge in [0.25, 0.3) is 0 Å². The highest BCUT2D eigenvalue weighted by atomic mass is 16.4. The van der Waals surface area contributed by atoms with E-state index in [-0.39, 0.29) is 38.2 Å². The van der Waals surface area contributed by atoms with Crippen molar-refractivity contribution < 1.29 is 34.2 Å². The minimum absolute atomic E-state index is 0.0710. The van der Waals surface area contributed by atoms with Gasteiger partial charge in [0.05, 0.1) is 18.8 Å². The number of fused-ring (bicyclic) bond motifs is 1. The molecule has 0 saturated heterocycles. The van der Waals surface area contributed by atoms with Crippen LogP contribution >= 0.6 is 0 Å². The first-order valence-corrected chi connectivity index (χ1v) is 13.6. The number of aromatic amines is 2. The lowest BCUT2D eigenvalue weighted by molar-refractivity contribution is -0.143. The van der Waals surface area contributed by atoms with E-state index in [9.17, 15) is 34.2 Å². The minimum atomic E-state index is -1.67. The van der Waals surface area contributed by atoms with Crippen LogP contribution in [-0.4, -0.2) is 91.5 Å². The van der Waals surface area contributed by atoms with Gasteiger partial charge in [0.2, 0.25) is 17.7 Å². The SMILES string of the molecule is NC(N)=NCCCC(NC(=O)C(CC(=O)O)NC(=O)C(Cc1cnc[nH]1)NC(=O)C(N)Cc1c[nH]c2ccccc12)C(=O)O. The van der Waals surface area contributed by atoms with Gasteiger partial charge in [0, 0.05) is 42.0 Å². The number of H-pyrrole nitrogens is 2. The number of para-hydroxylation sites is 1. The molecule has 236 valence electrons. The Labute approximate surface area is 251 Å². The molecule has 0 aliphatic rings. The third-order valence-corrected chi connectivity index (χ3v) is 6.63. The number of carbonyl (C=O) groups excluding carboxylic acids is 3. The molecule has 0 aliphatic carbocycles. The minimum Gasteiger partial charge on any atom is -0.481 e. The lowest BCUT2D eigenvalue weighted by Gasteiger charge is -2.24. The second kappa shape index (κ2) is 15.7. The van der Waals surface area contributed by atoms with Gasteiger partial charge in [-0.2, -0.15) is 0 Å². The standard InChI is InChI=1S/C27H36N10O7/c28-17(8-14-11-33-18-5-2-1-4-16(14)18)23(40)36-20(9-15-12-31-13-34-15)24(41)37-21(10-22(38)39)25(42)35-19(26(43)44)6-3-7-32-27(29)30/h1-2,4-5,11-13,17,19-21,33H,3,6-10,28H2,(H,31,34)(H,35,42)(H,36,40)(H,37,41)(H,38,39)(H,43,44)(H4,29,30,32). The van der Waals surface area contributed by atoms with Crippen LogP contribution in [0.5, 0.6) is 0 Å². The van der Waals surface area contributed by atoms with Crippen molar-refractivity contribution in [1.29, 1.82) is 0 Å². The zero-order chi connectivity index (χ0) is 32.2. The first-order chi connectivity index (χ1) is 20.9. The summed E-state index contributed by atoms with van der Waals surface area (Å²) in [6.07, 6.45) is 3.87. The van der Waals surface area contributed by atoms with E-state index in [2.05, 4.69) is 35.9 Å². The number of amides is 3. The zero-order valence-corrected chi connectivity index (χ0v) is 23.7. The van der Waals surface area contributed by atoms with Gasteiger partial charge in [-0.05, 0) is 30.9 Å². The van der Waals surface area contributed by atoms with Crippen molar-refractivity contribution in [2.45, 2.75) is 56.3 Å². The number of carbonyl (C=O) groups is 5. The molecule has 17 nitrogen and oxygen atoms in total. The van der Waals surface area contributed by atoms with Gasteiger partial charge in [0.1, 0.15) is 18.1 Å². The number of hydrogen-bond acceptors (Lipinski definition) is 8. The van der Waals surface area contributed by atoms with Crippen LogP contribution in [0, 0.1) is 0 Å². The number of aromatic nitrogens is 3. The Kier molecular flexibility index (Phi) is 11.8. The molecule has 0 saturated carbocycles. The zero-order valence-electron chi connectivity index (χ0n) is 23.7. The lowest BCUT2D eigenvalue weighted by atomic mass is 10.0. The van der Waals surface area contributed by atoms with E-state index in [0.29, 0.717) is 5.69 Å². The number of benzene rings is 1. The molecule has 44 heavy (non-hydrogen) atoms. The predicted molar refractivity (Wildman–Crippen MR) is 158 cm³/mol. The van der Waals surface area contributed by atoms with E-state index in [1.807, 2.05) is 24.3 Å². The van der Waals surface area contributed by atoms with Crippen molar-refractivity contribution in [1.82, 2.24) is 30.9 Å². The largest absolute Gasteiger partial charge is 0.481 e. The Morgan fingerprint density at radius 2 is 1.59 bits per heavy atom. The Morgan fingerprint density at radius 3 is 2.25 bits per heavy atom. The molecule has 2 heterocycles. The van der Waals surface area contributed by atoms with Crippen LogP contribution in [0.25, 0.3) is 10.9 Å². The van der Waals surface area contributed by atoms with Crippen molar-refractivity contribution in [2.75, 3.05) is 6.54 Å². The average Bonchev–Trinajstić information content (AvgIpc) is 3.63. The highest BCUT2D eigenvalue weighted by molar-refractivity contribution is 5.96. The van der Waals surface area contributed by atoms with Gasteiger partial charge in [-0.15, -0.1) is 0 Å². The Hall–Kier alpha value is -5.45. The van der Waals surface area contributed by atoms with E-state index in [4.69, 9.17) is 17.2 Å². The van der Waals surface area contributed by atoms with Crippen LogP contribution in [0.15, 0.2) is 48.0 Å². The first kappa shape index (κ1) is 33.1. The van der Waals surface area contributed by atoms with Crippen LogP contribution < -0.4 is 33.2 Å². The van der Waals surface area contributed by atoms with Crippen molar-refractivity contribution in [3.63, 3.8) is 0 Å². The number of nitrogens with zero attached hydrogens (tertiary/aromatic N) is 2. The maximum absolute atomic E-state index is 13.4. The number of nitrogens with one attached hydrogen (secondary N) is 5. The van der Waals surface area contributed by atoms with Crippen molar-refractivity contribution in [3.8, 4) is 0 Å². The summed E-state index contributed by atoms with van der Waals surface area (Å²) >= 11 is 0. The topological polar surface area (TPSA) is 297 Å². The molecule has 0 aliphatic heterocycles. The second-order valence-corrected chi connectivity index (χ2v) is 10.0. The summed E-state index contributed by atoms with van der Waals surface area (Å²) in [7, 11) is 0. The summed E-state index contributed by atoms with van der Waals surface area (Å²) < 4.78 is 0. The molecule has 13 N–H and O–H groups in total. The molecule has 3 rings (SSSR count). The van der Waals surface area contributed by atoms with Crippen LogP contribution in [0.4, 0.5) is 0 Å². The molecule has 4 atom stereocenters. The van der Waals surface area contributed by atoms with Crippen molar-refractivity contribution in [3.05, 3.63) is 54.2 Å². The molecule has 0 fully saturated rings. The molecular formula is C27H36N10O7. The van der Waals surface area contributed by atoms with E-state index < -0.39 is 60.2 Å². The monoisotopic (exact) mass is 612 g/mol. The third kappa shape index (κ3) is 9.83. The number of aliphatic carboxylic acids is 2. The van der Waals surface area contributed by atoms with Gasteiger partial charge in [-0.25, -0.2) is 9.78 Å². The van der Waals surface area contributed by atoms with Gasteiger partial charge < -0.3 is 53.3 Å². The summed E-state index contributed by atoms with van der Waals surface area (Å²) in [5.74, 6) is -5.59. The average molecular weight is 613 g/mol. The fourth-order valence-electron chi connectivity index (χ4n) is 4.42. The molecular weight excluding hydrogens is 576 g/mol. The fraction of sp³-hybridized carbons (Fsp3) is 0.370. The molecule has 17 heteroatoms. The number of hydrogen-bond donors (Lipinski definition) is 10. The highest BCUT2D eigenvalue weighted by Gasteiger charge is 2.32. The van der Waals surface area contributed by atoms with Crippen LogP contribution in [0.3, 0.4) is 0 Å². The number of guanidine groups is 1. The van der Waals surface area contributed by atoms with Gasteiger partial charge in [-0.3, -0.25) is 24.2 Å². The molecule has 4 unspecified atom stereocenters. The van der Waals surface area contributed by atoms with E-state index in [0.717, 1.165) is 16.5 Å². The smallest absolute Gasteiger partial charge is 0.326 e. The van der Waals surface area contributed by atoms with Gasteiger partial charge >= 0.3 is 11.9 Å². The maximum atomic E-state index is 13.4. The number of imidazole rings is 1. The number of nitrogens with two attached hydrogens (primary N) is 3. The summed E-state index contributed by atoms with van der Waals surface area (Å²) in [5, 5.41) is 27.0. The number of aliphatic imine (C=N–C) groups is 1. The second-order valence-electron chi connectivity index (χ2n) is 10.0. The number of carboxylic acid groups (broad SMARTS) is 2.